The van der Waals surface area contributed by atoms with Gasteiger partial charge in [0, 0.05) is 11.1 Å². The lowest BCUT2D eigenvalue weighted by molar-refractivity contribution is 0.0924. The maximum atomic E-state index is 13.3. The quantitative estimate of drug-likeness (QED) is 0.523. The summed E-state index contributed by atoms with van der Waals surface area (Å²) in [5.41, 5.74) is 7.48. The van der Waals surface area contributed by atoms with Crippen LogP contribution in [-0.2, 0) is 0 Å². The first-order valence-electron chi connectivity index (χ1n) is 10.5. The van der Waals surface area contributed by atoms with E-state index in [9.17, 15) is 14.4 Å². The average Bonchev–Trinajstić information content (AvgIpc) is 3.19. The van der Waals surface area contributed by atoms with Crippen molar-refractivity contribution in [2.75, 3.05) is 9.80 Å². The van der Waals surface area contributed by atoms with Gasteiger partial charge in [0.2, 0.25) is 0 Å². The lowest BCUT2D eigenvalue weighted by Gasteiger charge is -2.29. The molecule has 3 aromatic rings. The first-order valence-corrected chi connectivity index (χ1v) is 10.5. The molecule has 0 aromatic heterocycles. The highest BCUT2D eigenvalue weighted by atomic mass is 16.2. The topological polar surface area (TPSA) is 57.7 Å². The van der Waals surface area contributed by atoms with E-state index in [2.05, 4.69) is 6.58 Å². The zero-order valence-corrected chi connectivity index (χ0v) is 18.4. The standard InChI is InChI=1S/C27H22N2O3/c1-14-16(3)24(29-26(31)21-12-8-9-13-22(21)27(29)32)17(4)15(2)23(14)28-18(5)19-10-6-7-11-20(19)25(28)30/h6-13H,5H2,1-4H3. The number of rotatable bonds is 2. The van der Waals surface area contributed by atoms with Gasteiger partial charge in [-0.05, 0) is 68.1 Å². The number of fused-ring (bicyclic) bond motifs is 2. The molecule has 32 heavy (non-hydrogen) atoms. The normalized spacial score (nSPS) is 15.0. The Labute approximate surface area is 186 Å². The molecular weight excluding hydrogens is 400 g/mol. The Hall–Kier alpha value is -3.99. The van der Waals surface area contributed by atoms with E-state index in [1.54, 1.807) is 35.2 Å². The third kappa shape index (κ3) is 2.42. The van der Waals surface area contributed by atoms with Crippen LogP contribution in [0.2, 0.25) is 0 Å². The maximum Gasteiger partial charge on any atom is 0.266 e. The Morgan fingerprint density at radius 2 is 0.844 bits per heavy atom. The van der Waals surface area contributed by atoms with E-state index in [1.807, 2.05) is 45.9 Å². The van der Waals surface area contributed by atoms with Gasteiger partial charge in [-0.1, -0.05) is 36.9 Å². The van der Waals surface area contributed by atoms with Crippen molar-refractivity contribution in [1.82, 2.24) is 0 Å². The summed E-state index contributed by atoms with van der Waals surface area (Å²) < 4.78 is 0. The highest BCUT2D eigenvalue weighted by Gasteiger charge is 2.40. The Balaban J connectivity index is 1.69. The summed E-state index contributed by atoms with van der Waals surface area (Å²) in [5.74, 6) is -0.765. The number of carbonyl (C=O) groups is 3. The van der Waals surface area contributed by atoms with Crippen LogP contribution in [-0.4, -0.2) is 17.7 Å². The molecule has 0 fully saturated rings. The van der Waals surface area contributed by atoms with Crippen molar-refractivity contribution in [3.8, 4) is 0 Å². The van der Waals surface area contributed by atoms with Crippen LogP contribution in [0.4, 0.5) is 11.4 Å². The van der Waals surface area contributed by atoms with Crippen molar-refractivity contribution in [3.63, 3.8) is 0 Å². The van der Waals surface area contributed by atoms with Crippen LogP contribution < -0.4 is 9.80 Å². The second-order valence-corrected chi connectivity index (χ2v) is 8.32. The van der Waals surface area contributed by atoms with Crippen LogP contribution in [0, 0.1) is 27.7 Å². The van der Waals surface area contributed by atoms with Crippen molar-refractivity contribution >= 4 is 34.8 Å². The minimum absolute atomic E-state index is 0.121. The first-order chi connectivity index (χ1) is 15.3. The number of imide groups is 1. The first kappa shape index (κ1) is 19.9. The van der Waals surface area contributed by atoms with E-state index in [1.165, 1.54) is 4.90 Å². The molecule has 2 heterocycles. The Morgan fingerprint density at radius 3 is 1.25 bits per heavy atom. The molecule has 0 N–H and O–H groups in total. The fourth-order valence-electron chi connectivity index (χ4n) is 4.86. The molecule has 3 amide bonds. The van der Waals surface area contributed by atoms with E-state index in [-0.39, 0.29) is 17.7 Å². The van der Waals surface area contributed by atoms with Crippen molar-refractivity contribution in [2.45, 2.75) is 27.7 Å². The molecule has 2 aliphatic rings. The molecule has 0 saturated heterocycles. The monoisotopic (exact) mass is 422 g/mol. The predicted octanol–water partition coefficient (Wildman–Crippen LogP) is 5.35. The number of anilines is 2. The van der Waals surface area contributed by atoms with Crippen molar-refractivity contribution in [3.05, 3.63) is 99.6 Å². The van der Waals surface area contributed by atoms with Gasteiger partial charge in [0.1, 0.15) is 0 Å². The fourth-order valence-corrected chi connectivity index (χ4v) is 4.86. The highest BCUT2D eigenvalue weighted by molar-refractivity contribution is 6.35. The molecule has 0 radical (unpaired) electrons. The van der Waals surface area contributed by atoms with Crippen LogP contribution in [0.25, 0.3) is 5.70 Å². The third-order valence-electron chi connectivity index (χ3n) is 6.73. The number of hydrogen-bond donors (Lipinski definition) is 0. The molecule has 0 unspecified atom stereocenters. The zero-order chi connectivity index (χ0) is 22.9. The lowest BCUT2D eigenvalue weighted by Crippen LogP contribution is -2.32. The van der Waals surface area contributed by atoms with Crippen LogP contribution >= 0.6 is 0 Å². The van der Waals surface area contributed by atoms with Gasteiger partial charge < -0.3 is 0 Å². The summed E-state index contributed by atoms with van der Waals surface area (Å²) in [6.45, 7) is 11.8. The smallest absolute Gasteiger partial charge is 0.266 e. The number of amides is 3. The lowest BCUT2D eigenvalue weighted by atomic mass is 9.94. The Kier molecular flexibility index (Phi) is 4.21. The largest absolute Gasteiger partial charge is 0.276 e. The van der Waals surface area contributed by atoms with Gasteiger partial charge in [-0.25, -0.2) is 4.90 Å². The van der Waals surface area contributed by atoms with Gasteiger partial charge in [0.15, 0.2) is 0 Å². The van der Waals surface area contributed by atoms with E-state index < -0.39 is 0 Å². The third-order valence-corrected chi connectivity index (χ3v) is 6.73. The van der Waals surface area contributed by atoms with Crippen molar-refractivity contribution < 1.29 is 14.4 Å². The van der Waals surface area contributed by atoms with Gasteiger partial charge in [0.25, 0.3) is 17.7 Å². The van der Waals surface area contributed by atoms with Gasteiger partial charge in [-0.3, -0.25) is 19.3 Å². The highest BCUT2D eigenvalue weighted by Crippen LogP contribution is 2.45. The second kappa shape index (κ2) is 6.76. The molecule has 0 spiro atoms. The van der Waals surface area contributed by atoms with E-state index in [0.29, 0.717) is 28.1 Å². The molecule has 0 saturated carbocycles. The summed E-state index contributed by atoms with van der Waals surface area (Å²) in [7, 11) is 0. The zero-order valence-electron chi connectivity index (χ0n) is 18.4. The van der Waals surface area contributed by atoms with Crippen molar-refractivity contribution in [2.24, 2.45) is 0 Å². The van der Waals surface area contributed by atoms with Gasteiger partial charge >= 0.3 is 0 Å². The SMILES string of the molecule is C=C1c2ccccc2C(=O)N1c1c(C)c(C)c(N2C(=O)c3ccccc3C2=O)c(C)c1C. The summed E-state index contributed by atoms with van der Waals surface area (Å²) in [6, 6.07) is 14.3. The molecule has 3 aromatic carbocycles. The molecular formula is C27H22N2O3. The van der Waals surface area contributed by atoms with Gasteiger partial charge in [-0.2, -0.15) is 0 Å². The summed E-state index contributed by atoms with van der Waals surface area (Å²) in [5, 5.41) is 0. The van der Waals surface area contributed by atoms with Gasteiger partial charge in [-0.15, -0.1) is 0 Å². The minimum Gasteiger partial charge on any atom is -0.276 e. The van der Waals surface area contributed by atoms with E-state index in [0.717, 1.165) is 33.5 Å². The second-order valence-electron chi connectivity index (χ2n) is 8.32. The van der Waals surface area contributed by atoms with E-state index in [4.69, 9.17) is 0 Å². The molecule has 2 aliphatic heterocycles. The maximum absolute atomic E-state index is 13.3. The van der Waals surface area contributed by atoms with Gasteiger partial charge in [0.05, 0.1) is 28.2 Å². The number of benzene rings is 3. The summed E-state index contributed by atoms with van der Waals surface area (Å²) >= 11 is 0. The molecule has 5 heteroatoms. The van der Waals surface area contributed by atoms with Crippen molar-refractivity contribution in [1.29, 1.82) is 0 Å². The van der Waals surface area contributed by atoms with Crippen LogP contribution in [0.1, 0.15) is 58.9 Å². The van der Waals surface area contributed by atoms with E-state index >= 15 is 0 Å². The predicted molar refractivity (Wildman–Crippen MR) is 125 cm³/mol. The molecule has 158 valence electrons. The number of nitrogens with zero attached hydrogens (tertiary/aromatic N) is 2. The molecule has 0 bridgehead atoms. The molecule has 5 nitrogen and oxygen atoms in total. The van der Waals surface area contributed by atoms with Crippen LogP contribution in [0.5, 0.6) is 0 Å². The molecule has 5 rings (SSSR count). The summed E-state index contributed by atoms with van der Waals surface area (Å²) in [6.07, 6.45) is 0. The average molecular weight is 422 g/mol. The minimum atomic E-state index is -0.322. The Bertz CT molecular complexity index is 1190. The number of carbonyl (C=O) groups excluding carboxylic acids is 3. The van der Waals surface area contributed by atoms with Crippen LogP contribution in [0.15, 0.2) is 55.1 Å². The fraction of sp³-hybridized carbons (Fsp3) is 0.148. The summed E-state index contributed by atoms with van der Waals surface area (Å²) in [4.78, 5) is 42.5. The van der Waals surface area contributed by atoms with Crippen LogP contribution in [0.3, 0.4) is 0 Å². The molecule has 0 aliphatic carbocycles. The Morgan fingerprint density at radius 1 is 0.531 bits per heavy atom. The number of hydrogen-bond acceptors (Lipinski definition) is 3. The molecule has 0 atom stereocenters.